The third kappa shape index (κ3) is 3.02. The van der Waals surface area contributed by atoms with Crippen molar-refractivity contribution in [2.45, 2.75) is 39.4 Å². The van der Waals surface area contributed by atoms with Gasteiger partial charge < -0.3 is 4.74 Å². The van der Waals surface area contributed by atoms with Crippen LogP contribution >= 0.6 is 11.3 Å². The van der Waals surface area contributed by atoms with Crippen LogP contribution in [0.4, 0.5) is 0 Å². The van der Waals surface area contributed by atoms with Crippen LogP contribution in [0.2, 0.25) is 0 Å². The van der Waals surface area contributed by atoms with Gasteiger partial charge in [0.2, 0.25) is 0 Å². The second-order valence-electron chi connectivity index (χ2n) is 5.57. The summed E-state index contributed by atoms with van der Waals surface area (Å²) in [5.41, 5.74) is 2.37. The van der Waals surface area contributed by atoms with E-state index in [-0.39, 0.29) is 0 Å². The van der Waals surface area contributed by atoms with E-state index >= 15 is 0 Å². The number of rotatable bonds is 5. The minimum absolute atomic E-state index is 0.356. The molecular weight excluding hydrogens is 284 g/mol. The molecule has 0 aliphatic carbocycles. The first-order valence-corrected chi connectivity index (χ1v) is 8.21. The van der Waals surface area contributed by atoms with Gasteiger partial charge in [0.1, 0.15) is 5.69 Å². The molecule has 1 aliphatic rings. The molecule has 6 heteroatoms. The molecule has 0 bridgehead atoms. The van der Waals surface area contributed by atoms with Crippen LogP contribution in [-0.4, -0.2) is 40.2 Å². The van der Waals surface area contributed by atoms with E-state index in [1.54, 1.807) is 7.11 Å². The van der Waals surface area contributed by atoms with E-state index in [1.807, 2.05) is 16.0 Å². The molecule has 5 nitrogen and oxygen atoms in total. The minimum Gasteiger partial charge on any atom is -0.384 e. The number of fused-ring (bicyclic) bond motifs is 1. The Morgan fingerprint density at radius 1 is 1.43 bits per heavy atom. The van der Waals surface area contributed by atoms with Crippen LogP contribution in [0.3, 0.4) is 0 Å². The van der Waals surface area contributed by atoms with Crippen molar-refractivity contribution in [3.05, 3.63) is 33.3 Å². The highest BCUT2D eigenvalue weighted by atomic mass is 32.1. The molecule has 1 aliphatic heterocycles. The van der Waals surface area contributed by atoms with E-state index in [1.165, 1.54) is 15.4 Å². The number of thiophene rings is 1. The molecule has 2 aromatic heterocycles. The average molecular weight is 306 g/mol. The monoisotopic (exact) mass is 306 g/mol. The molecule has 0 spiro atoms. The molecule has 3 rings (SSSR count). The molecule has 0 amide bonds. The van der Waals surface area contributed by atoms with Crippen molar-refractivity contribution in [2.24, 2.45) is 0 Å². The highest BCUT2D eigenvalue weighted by Gasteiger charge is 2.30. The van der Waals surface area contributed by atoms with E-state index in [9.17, 15) is 0 Å². The third-order valence-electron chi connectivity index (χ3n) is 3.93. The van der Waals surface area contributed by atoms with Crippen LogP contribution < -0.4 is 0 Å². The standard InChI is InChI=1S/C15H22N4OS/c1-4-19-15-12(10-20-3)7-18(9-14(15)16-17-19)8-13-6-5-11(2)21-13/h5-6,12H,4,7-10H2,1-3H3. The number of hydrogen-bond donors (Lipinski definition) is 0. The Hall–Kier alpha value is -1.24. The van der Waals surface area contributed by atoms with Gasteiger partial charge in [-0.3, -0.25) is 4.90 Å². The zero-order chi connectivity index (χ0) is 14.8. The lowest BCUT2D eigenvalue weighted by molar-refractivity contribution is 0.132. The Morgan fingerprint density at radius 2 is 2.29 bits per heavy atom. The predicted molar refractivity (Wildman–Crippen MR) is 83.5 cm³/mol. The van der Waals surface area contributed by atoms with Crippen LogP contribution in [0.25, 0.3) is 0 Å². The number of ether oxygens (including phenoxy) is 1. The number of methoxy groups -OCH3 is 1. The fraction of sp³-hybridized carbons (Fsp3) is 0.600. The van der Waals surface area contributed by atoms with Crippen LogP contribution in [0.5, 0.6) is 0 Å². The second kappa shape index (κ2) is 6.25. The molecular formula is C15H22N4OS. The van der Waals surface area contributed by atoms with Crippen molar-refractivity contribution in [1.29, 1.82) is 0 Å². The predicted octanol–water partition coefficient (Wildman–Crippen LogP) is 2.41. The smallest absolute Gasteiger partial charge is 0.100 e. The Balaban J connectivity index is 1.80. The van der Waals surface area contributed by atoms with Crippen molar-refractivity contribution in [3.8, 4) is 0 Å². The summed E-state index contributed by atoms with van der Waals surface area (Å²) in [5.74, 6) is 0.356. The average Bonchev–Trinajstić information content (AvgIpc) is 3.05. The lowest BCUT2D eigenvalue weighted by Gasteiger charge is -2.31. The molecule has 0 saturated carbocycles. The first-order chi connectivity index (χ1) is 10.2. The van der Waals surface area contributed by atoms with Gasteiger partial charge >= 0.3 is 0 Å². The van der Waals surface area contributed by atoms with Gasteiger partial charge in [-0.15, -0.1) is 16.4 Å². The molecule has 0 saturated heterocycles. The molecule has 2 aromatic rings. The van der Waals surface area contributed by atoms with Crippen LogP contribution in [-0.2, 0) is 24.4 Å². The first kappa shape index (κ1) is 14.7. The zero-order valence-electron chi connectivity index (χ0n) is 12.9. The summed E-state index contributed by atoms with van der Waals surface area (Å²) in [6.07, 6.45) is 0. The molecule has 0 radical (unpaired) electrons. The maximum atomic E-state index is 5.42. The molecule has 114 valence electrons. The van der Waals surface area contributed by atoms with Gasteiger partial charge in [-0.25, -0.2) is 4.68 Å². The van der Waals surface area contributed by atoms with Crippen LogP contribution in [0.15, 0.2) is 12.1 Å². The number of aryl methyl sites for hydroxylation is 2. The third-order valence-corrected chi connectivity index (χ3v) is 4.91. The topological polar surface area (TPSA) is 43.2 Å². The van der Waals surface area contributed by atoms with E-state index < -0.39 is 0 Å². The highest BCUT2D eigenvalue weighted by Crippen LogP contribution is 2.29. The number of nitrogens with zero attached hydrogens (tertiary/aromatic N) is 4. The van der Waals surface area contributed by atoms with Gasteiger partial charge in [0.25, 0.3) is 0 Å². The zero-order valence-corrected chi connectivity index (χ0v) is 13.7. The van der Waals surface area contributed by atoms with E-state index in [4.69, 9.17) is 4.74 Å². The maximum absolute atomic E-state index is 5.42. The quantitative estimate of drug-likeness (QED) is 0.851. The molecule has 1 unspecified atom stereocenters. The Kier molecular flexibility index (Phi) is 4.37. The summed E-state index contributed by atoms with van der Waals surface area (Å²) in [5, 5.41) is 8.66. The summed E-state index contributed by atoms with van der Waals surface area (Å²) in [4.78, 5) is 5.23. The summed E-state index contributed by atoms with van der Waals surface area (Å²) >= 11 is 1.87. The Morgan fingerprint density at radius 3 is 2.95 bits per heavy atom. The van der Waals surface area contributed by atoms with Crippen LogP contribution in [0.1, 0.15) is 34.0 Å². The lowest BCUT2D eigenvalue weighted by Crippen LogP contribution is -2.35. The fourth-order valence-corrected chi connectivity index (χ4v) is 4.00. The van der Waals surface area contributed by atoms with Crippen molar-refractivity contribution in [2.75, 3.05) is 20.3 Å². The summed E-state index contributed by atoms with van der Waals surface area (Å²) in [7, 11) is 1.77. The Labute approximate surface area is 129 Å². The number of hydrogen-bond acceptors (Lipinski definition) is 5. The molecule has 1 atom stereocenters. The summed E-state index contributed by atoms with van der Waals surface area (Å²) < 4.78 is 7.44. The van der Waals surface area contributed by atoms with Gasteiger partial charge in [-0.05, 0) is 26.0 Å². The molecule has 21 heavy (non-hydrogen) atoms. The van der Waals surface area contributed by atoms with Gasteiger partial charge in [-0.1, -0.05) is 5.21 Å². The van der Waals surface area contributed by atoms with E-state index in [0.29, 0.717) is 5.92 Å². The molecule has 0 fully saturated rings. The largest absolute Gasteiger partial charge is 0.384 e. The molecule has 3 heterocycles. The van der Waals surface area contributed by atoms with Gasteiger partial charge in [0.05, 0.1) is 12.3 Å². The summed E-state index contributed by atoms with van der Waals surface area (Å²) in [6, 6.07) is 4.42. The maximum Gasteiger partial charge on any atom is 0.100 e. The van der Waals surface area contributed by atoms with Crippen molar-refractivity contribution < 1.29 is 4.74 Å². The van der Waals surface area contributed by atoms with Crippen molar-refractivity contribution in [3.63, 3.8) is 0 Å². The van der Waals surface area contributed by atoms with Gasteiger partial charge in [-0.2, -0.15) is 0 Å². The van der Waals surface area contributed by atoms with Crippen molar-refractivity contribution >= 4 is 11.3 Å². The van der Waals surface area contributed by atoms with E-state index in [2.05, 4.69) is 41.2 Å². The molecule has 0 N–H and O–H groups in total. The lowest BCUT2D eigenvalue weighted by atomic mass is 9.99. The normalized spacial score (nSPS) is 18.9. The van der Waals surface area contributed by atoms with Gasteiger partial charge in [0, 0.05) is 49.0 Å². The fourth-order valence-electron chi connectivity index (χ4n) is 3.07. The summed E-state index contributed by atoms with van der Waals surface area (Å²) in [6.45, 7) is 8.73. The van der Waals surface area contributed by atoms with Crippen molar-refractivity contribution in [1.82, 2.24) is 19.9 Å². The first-order valence-electron chi connectivity index (χ1n) is 7.40. The minimum atomic E-state index is 0.356. The second-order valence-corrected chi connectivity index (χ2v) is 6.94. The van der Waals surface area contributed by atoms with Crippen LogP contribution in [0, 0.1) is 6.92 Å². The SMILES string of the molecule is CCn1nnc2c1C(COC)CN(Cc1ccc(C)s1)C2. The number of aromatic nitrogens is 3. The Bertz CT molecular complexity index is 607. The highest BCUT2D eigenvalue weighted by molar-refractivity contribution is 7.11. The van der Waals surface area contributed by atoms with E-state index in [0.717, 1.165) is 38.5 Å². The molecule has 0 aromatic carbocycles. The van der Waals surface area contributed by atoms with Gasteiger partial charge in [0.15, 0.2) is 0 Å².